The summed E-state index contributed by atoms with van der Waals surface area (Å²) in [5.74, 6) is 0.0380. The Morgan fingerprint density at radius 3 is 2.24 bits per heavy atom. The van der Waals surface area contributed by atoms with Crippen LogP contribution in [0.1, 0.15) is 19.4 Å². The number of ether oxygens (including phenoxy) is 2. The lowest BCUT2D eigenvalue weighted by atomic mass is 10.1. The monoisotopic (exact) mass is 663 g/mol. The van der Waals surface area contributed by atoms with Crippen LogP contribution in [0, 0.1) is 0 Å². The van der Waals surface area contributed by atoms with Gasteiger partial charge in [-0.2, -0.15) is 0 Å². The van der Waals surface area contributed by atoms with Crippen LogP contribution in [-0.4, -0.2) is 98.7 Å². The van der Waals surface area contributed by atoms with Gasteiger partial charge < -0.3 is 39.0 Å². The van der Waals surface area contributed by atoms with Crippen molar-refractivity contribution in [3.8, 4) is 0 Å². The smallest absolute Gasteiger partial charge is 0.264 e. The van der Waals surface area contributed by atoms with Gasteiger partial charge in [-0.05, 0) is 13.0 Å². The molecule has 45 heavy (non-hydrogen) atoms. The minimum atomic E-state index is -4.64. The minimum Gasteiger partial charge on any atom is -0.397 e. The molecule has 3 aliphatic rings. The molecular weight excluding hydrogens is 640 g/mol. The van der Waals surface area contributed by atoms with Crippen LogP contribution in [0.4, 0.5) is 20.3 Å². The molecule has 7 rings (SSSR count). The van der Waals surface area contributed by atoms with Gasteiger partial charge in [-0.3, -0.25) is 18.3 Å². The number of hydrogen-bond acceptors (Lipinski definition) is 15. The van der Waals surface area contributed by atoms with E-state index in [-0.39, 0.29) is 33.8 Å². The van der Waals surface area contributed by atoms with Gasteiger partial charge >= 0.3 is 0 Å². The fourth-order valence-electron chi connectivity index (χ4n) is 5.61. The lowest BCUT2D eigenvalue weighted by Gasteiger charge is -2.32. The van der Waals surface area contributed by atoms with Gasteiger partial charge in [0.25, 0.3) is 14.9 Å². The SMILES string of the molecule is [B]P1(=O)OC[C@H]2O[C@@H](n3cnc4c(N)ncnc43)C(F)[C@H]2OP([B])(=O)OC(C)[C@H]2O[C@@H](n3cnc4c(N)ccnc43)[C@@H](F)C2O1. The molecular formula is C22H23B2F2N9O8P2. The molecule has 7 heterocycles. The third-order valence-corrected chi connectivity index (χ3v) is 9.84. The third-order valence-electron chi connectivity index (χ3n) is 7.63. The van der Waals surface area contributed by atoms with Crippen molar-refractivity contribution in [2.75, 3.05) is 18.1 Å². The number of nitrogens with two attached hydrogens (primary N) is 2. The maximum atomic E-state index is 16.1. The number of halogens is 2. The zero-order valence-electron chi connectivity index (χ0n) is 23.1. The van der Waals surface area contributed by atoms with E-state index in [2.05, 4.69) is 24.9 Å². The molecule has 0 spiro atoms. The fraction of sp³-hybridized carbons (Fsp3) is 0.500. The first-order valence-electron chi connectivity index (χ1n) is 13.4. The van der Waals surface area contributed by atoms with Crippen LogP contribution in [0.5, 0.6) is 0 Å². The molecule has 3 saturated heterocycles. The average Bonchev–Trinajstić information content (AvgIpc) is 3.73. The predicted molar refractivity (Wildman–Crippen MR) is 152 cm³/mol. The molecule has 4 aromatic heterocycles. The Morgan fingerprint density at radius 1 is 0.844 bits per heavy atom. The summed E-state index contributed by atoms with van der Waals surface area (Å²) in [5.41, 5.74) is 12.8. The van der Waals surface area contributed by atoms with Gasteiger partial charge in [-0.15, -0.1) is 0 Å². The standard InChI is InChI=1S/C22H23B2F2N9O8P2/c1-8-15-17(12(26)22(40-15)34-6-32-13-9(27)2-3-29-19(13)34)43-44(23,36)38-4-10-16(42-45(24,37)41-8)11(25)21(39-10)35-7-33-14-18(28)30-5-31-20(14)35/h2-3,5-8,10-12,15-17,21-22H,4H2,1H3,(H2,27,29)(H2,28,30,31)/t8?,10-,11?,12+,15-,16+,17?,21-,22-,44?,45?/m1/s1. The van der Waals surface area contributed by atoms with Crippen LogP contribution in [0.3, 0.4) is 0 Å². The van der Waals surface area contributed by atoms with Crippen LogP contribution in [-0.2, 0) is 36.7 Å². The molecule has 23 heteroatoms. The van der Waals surface area contributed by atoms with Crippen molar-refractivity contribution in [2.45, 2.75) is 62.2 Å². The topological polar surface area (TPSA) is 216 Å². The number of pyridine rings is 1. The van der Waals surface area contributed by atoms with Gasteiger partial charge in [0.15, 0.2) is 41.9 Å². The van der Waals surface area contributed by atoms with Crippen LogP contribution in [0.25, 0.3) is 22.3 Å². The first-order chi connectivity index (χ1) is 21.3. The lowest BCUT2D eigenvalue weighted by molar-refractivity contribution is -0.0760. The number of nitrogen functional groups attached to an aromatic ring is 2. The van der Waals surface area contributed by atoms with E-state index in [0.717, 1.165) is 6.33 Å². The van der Waals surface area contributed by atoms with Crippen molar-refractivity contribution >= 4 is 63.9 Å². The molecule has 4 N–H and O–H groups in total. The number of hydrogen-bond donors (Lipinski definition) is 2. The van der Waals surface area contributed by atoms with E-state index in [0.29, 0.717) is 0 Å². The van der Waals surface area contributed by atoms with Crippen LogP contribution >= 0.6 is 14.9 Å². The highest BCUT2D eigenvalue weighted by atomic mass is 31.2. The molecule has 0 saturated carbocycles. The molecule has 0 aromatic carbocycles. The summed E-state index contributed by atoms with van der Waals surface area (Å²) < 4.78 is 94.9. The van der Waals surface area contributed by atoms with E-state index in [4.69, 9.17) is 54.2 Å². The highest BCUT2D eigenvalue weighted by Crippen LogP contribution is 2.55. The molecule has 11 atom stereocenters. The molecule has 3 aliphatic heterocycles. The summed E-state index contributed by atoms with van der Waals surface area (Å²) in [4.78, 5) is 20.4. The van der Waals surface area contributed by atoms with Crippen molar-refractivity contribution in [2.24, 2.45) is 0 Å². The summed E-state index contributed by atoms with van der Waals surface area (Å²) in [6.45, 7) is 0.609. The maximum absolute atomic E-state index is 16.1. The number of imidazole rings is 2. The van der Waals surface area contributed by atoms with Crippen molar-refractivity contribution in [3.63, 3.8) is 0 Å². The average molecular weight is 663 g/mol. The molecule has 4 radical (unpaired) electrons. The number of nitrogens with zero attached hydrogens (tertiary/aromatic N) is 7. The molecule has 4 aromatic rings. The Balaban J connectivity index is 1.19. The minimum absolute atomic E-state index is 0.0380. The Morgan fingerprint density at radius 2 is 1.49 bits per heavy atom. The molecule has 17 nitrogen and oxygen atoms in total. The second-order valence-electron chi connectivity index (χ2n) is 10.6. The zero-order valence-corrected chi connectivity index (χ0v) is 24.9. The van der Waals surface area contributed by atoms with E-state index in [1.54, 1.807) is 0 Å². The quantitative estimate of drug-likeness (QED) is 0.230. The third kappa shape index (κ3) is 5.34. The van der Waals surface area contributed by atoms with E-state index < -0.39 is 76.9 Å². The van der Waals surface area contributed by atoms with Gasteiger partial charge in [-0.25, -0.2) is 33.7 Å². The fourth-order valence-corrected chi connectivity index (χ4v) is 7.82. The summed E-state index contributed by atoms with van der Waals surface area (Å²) in [6, 6.07) is 1.51. The molecule has 234 valence electrons. The Bertz CT molecular complexity index is 1870. The largest absolute Gasteiger partial charge is 0.397 e. The van der Waals surface area contributed by atoms with Crippen molar-refractivity contribution in [1.29, 1.82) is 0 Å². The van der Waals surface area contributed by atoms with E-state index in [9.17, 15) is 9.13 Å². The van der Waals surface area contributed by atoms with Crippen LogP contribution < -0.4 is 11.5 Å². The molecule has 0 bridgehead atoms. The highest BCUT2D eigenvalue weighted by Gasteiger charge is 2.55. The van der Waals surface area contributed by atoms with Gasteiger partial charge in [0.2, 0.25) is 15.1 Å². The van der Waals surface area contributed by atoms with Crippen LogP contribution in [0.15, 0.2) is 31.2 Å². The van der Waals surface area contributed by atoms with Crippen LogP contribution in [0.2, 0.25) is 0 Å². The first-order valence-corrected chi connectivity index (χ1v) is 16.6. The van der Waals surface area contributed by atoms with E-state index in [1.165, 1.54) is 41.0 Å². The number of fused-ring (bicyclic) bond motifs is 4. The van der Waals surface area contributed by atoms with Crippen molar-refractivity contribution in [1.82, 2.24) is 34.1 Å². The van der Waals surface area contributed by atoms with Gasteiger partial charge in [-0.1, -0.05) is 0 Å². The number of alkyl halides is 2. The second-order valence-corrected chi connectivity index (χ2v) is 13.6. The van der Waals surface area contributed by atoms with Crippen molar-refractivity contribution in [3.05, 3.63) is 31.2 Å². The van der Waals surface area contributed by atoms with E-state index in [1.807, 2.05) is 0 Å². The molecule has 0 aliphatic carbocycles. The first kappa shape index (κ1) is 30.6. The Hall–Kier alpha value is -3.02. The zero-order chi connectivity index (χ0) is 31.8. The molecule has 3 fully saturated rings. The number of anilines is 2. The van der Waals surface area contributed by atoms with Gasteiger partial charge in [0.05, 0.1) is 31.1 Å². The van der Waals surface area contributed by atoms with Gasteiger partial charge in [0.1, 0.15) is 41.8 Å². The highest BCUT2D eigenvalue weighted by molar-refractivity contribution is 7.79. The Labute approximate surface area is 255 Å². The normalized spacial score (nSPS) is 39.3. The second kappa shape index (κ2) is 11.1. The lowest BCUT2D eigenvalue weighted by Crippen LogP contribution is -2.40. The maximum Gasteiger partial charge on any atom is 0.264 e. The van der Waals surface area contributed by atoms with Gasteiger partial charge in [0, 0.05) is 6.20 Å². The Kier molecular flexibility index (Phi) is 7.52. The molecule has 0 amide bonds. The molecule has 5 unspecified atom stereocenters. The summed E-state index contributed by atoms with van der Waals surface area (Å²) in [5, 5.41) is 0. The van der Waals surface area contributed by atoms with E-state index >= 15 is 8.78 Å². The summed E-state index contributed by atoms with van der Waals surface area (Å²) in [6.07, 6.45) is -9.69. The number of aromatic nitrogens is 7. The summed E-state index contributed by atoms with van der Waals surface area (Å²) in [7, 11) is 2.54. The van der Waals surface area contributed by atoms with Crippen molar-refractivity contribution < 1.29 is 45.5 Å². The summed E-state index contributed by atoms with van der Waals surface area (Å²) >= 11 is 0. The predicted octanol–water partition coefficient (Wildman–Crippen LogP) is 1.67. The number of rotatable bonds is 2.